The quantitative estimate of drug-likeness (QED) is 0.845. The first-order valence-corrected chi connectivity index (χ1v) is 6.63. The molecule has 0 aromatic carbocycles. The highest BCUT2D eigenvalue weighted by atomic mass is 32.1. The minimum Gasteiger partial charge on any atom is -0.320 e. The molecule has 0 saturated heterocycles. The molecule has 1 heterocycles. The molecule has 0 unspecified atom stereocenters. The maximum atomic E-state index is 11.8. The van der Waals surface area contributed by atoms with Crippen molar-refractivity contribution >= 4 is 22.4 Å². The van der Waals surface area contributed by atoms with Crippen molar-refractivity contribution in [1.82, 2.24) is 10.2 Å². The van der Waals surface area contributed by atoms with Crippen molar-refractivity contribution in [1.29, 1.82) is 0 Å². The third-order valence-electron chi connectivity index (χ3n) is 2.56. The molecule has 0 aliphatic rings. The molecule has 0 aliphatic heterocycles. The Balaban J connectivity index is 2.70. The summed E-state index contributed by atoms with van der Waals surface area (Å²) < 4.78 is 0. The summed E-state index contributed by atoms with van der Waals surface area (Å²) in [4.78, 5) is 11.8. The summed E-state index contributed by atoms with van der Waals surface area (Å²) in [7, 11) is 0. The Labute approximate surface area is 106 Å². The molecule has 0 bridgehead atoms. The molecule has 3 N–H and O–H groups in total. The van der Waals surface area contributed by atoms with E-state index in [4.69, 9.17) is 5.73 Å². The van der Waals surface area contributed by atoms with Crippen molar-refractivity contribution in [2.45, 2.75) is 46.1 Å². The largest absolute Gasteiger partial charge is 0.320 e. The maximum absolute atomic E-state index is 11.8. The number of hydrogen-bond acceptors (Lipinski definition) is 5. The molecule has 1 amide bonds. The number of carbonyl (C=O) groups is 1. The summed E-state index contributed by atoms with van der Waals surface area (Å²) in [6.45, 7) is 7.73. The van der Waals surface area contributed by atoms with Gasteiger partial charge in [-0.2, -0.15) is 0 Å². The van der Waals surface area contributed by atoms with E-state index in [1.807, 2.05) is 27.7 Å². The molecule has 0 aliphatic carbocycles. The number of hydrogen-bond donors (Lipinski definition) is 2. The molecule has 96 valence electrons. The van der Waals surface area contributed by atoms with Crippen LogP contribution >= 0.6 is 11.3 Å². The summed E-state index contributed by atoms with van der Waals surface area (Å²) in [5.74, 6) is 0.0424. The van der Waals surface area contributed by atoms with E-state index in [9.17, 15) is 4.79 Å². The molecule has 0 radical (unpaired) electrons. The number of anilines is 1. The number of nitrogens with two attached hydrogens (primary N) is 1. The molecular formula is C11H20N4OS. The van der Waals surface area contributed by atoms with Crippen molar-refractivity contribution in [2.24, 2.45) is 11.7 Å². The third-order valence-corrected chi connectivity index (χ3v) is 3.74. The molecule has 17 heavy (non-hydrogen) atoms. The Kier molecular flexibility index (Phi) is 4.59. The smallest absolute Gasteiger partial charge is 0.229 e. The molecule has 0 fully saturated rings. The van der Waals surface area contributed by atoms with E-state index >= 15 is 0 Å². The van der Waals surface area contributed by atoms with Crippen molar-refractivity contribution in [3.05, 3.63) is 5.01 Å². The topological polar surface area (TPSA) is 80.9 Å². The predicted molar refractivity (Wildman–Crippen MR) is 69.8 cm³/mol. The van der Waals surface area contributed by atoms with E-state index < -0.39 is 5.54 Å². The van der Waals surface area contributed by atoms with E-state index in [0.29, 0.717) is 5.13 Å². The Hall–Kier alpha value is -1.01. The van der Waals surface area contributed by atoms with E-state index in [1.165, 1.54) is 11.3 Å². The highest BCUT2D eigenvalue weighted by Crippen LogP contribution is 2.24. The van der Waals surface area contributed by atoms with Crippen LogP contribution in [0.3, 0.4) is 0 Å². The normalized spacial score (nSPS) is 11.9. The van der Waals surface area contributed by atoms with Crippen LogP contribution in [0.25, 0.3) is 0 Å². The zero-order valence-electron chi connectivity index (χ0n) is 10.8. The minimum absolute atomic E-state index is 0.00697. The minimum atomic E-state index is -0.518. The maximum Gasteiger partial charge on any atom is 0.229 e. The van der Waals surface area contributed by atoms with E-state index in [2.05, 4.69) is 15.5 Å². The van der Waals surface area contributed by atoms with Crippen LogP contribution in [0.4, 0.5) is 5.13 Å². The second kappa shape index (κ2) is 5.55. The lowest BCUT2D eigenvalue weighted by Gasteiger charge is -2.13. The lowest BCUT2D eigenvalue weighted by atomic mass is 10.0. The summed E-state index contributed by atoms with van der Waals surface area (Å²) in [5.41, 5.74) is 5.39. The molecular weight excluding hydrogens is 236 g/mol. The van der Waals surface area contributed by atoms with Crippen LogP contribution in [0.15, 0.2) is 0 Å². The first-order valence-electron chi connectivity index (χ1n) is 5.82. The van der Waals surface area contributed by atoms with Crippen molar-refractivity contribution in [3.8, 4) is 0 Å². The van der Waals surface area contributed by atoms with E-state index in [1.54, 1.807) is 0 Å². The molecule has 0 atom stereocenters. The monoisotopic (exact) mass is 256 g/mol. The lowest BCUT2D eigenvalue weighted by Crippen LogP contribution is -2.28. The first-order chi connectivity index (χ1) is 7.88. The van der Waals surface area contributed by atoms with Gasteiger partial charge in [-0.25, -0.2) is 0 Å². The van der Waals surface area contributed by atoms with Crippen molar-refractivity contribution in [2.75, 3.05) is 5.32 Å². The number of nitrogens with zero attached hydrogens (tertiary/aromatic N) is 2. The van der Waals surface area contributed by atoms with Gasteiger partial charge < -0.3 is 11.1 Å². The van der Waals surface area contributed by atoms with Gasteiger partial charge in [-0.1, -0.05) is 25.2 Å². The number of amides is 1. The lowest BCUT2D eigenvalue weighted by molar-refractivity contribution is -0.120. The van der Waals surface area contributed by atoms with E-state index in [-0.39, 0.29) is 11.8 Å². The molecule has 6 heteroatoms. The second-order valence-corrected chi connectivity index (χ2v) is 5.61. The van der Waals surface area contributed by atoms with Gasteiger partial charge in [0.15, 0.2) is 0 Å². The Morgan fingerprint density at radius 1 is 1.41 bits per heavy atom. The fraction of sp³-hybridized carbons (Fsp3) is 0.727. The number of rotatable bonds is 5. The standard InChI is InChI=1S/C11H20N4OS/c1-5-7(6-2)8(16)13-10-15-14-9(17-10)11(3,4)12/h7H,5-6,12H2,1-4H3,(H,13,15,16). The van der Waals surface area contributed by atoms with Crippen LogP contribution in [0.5, 0.6) is 0 Å². The van der Waals surface area contributed by atoms with Gasteiger partial charge in [-0.3, -0.25) is 4.79 Å². The van der Waals surface area contributed by atoms with Crippen LogP contribution < -0.4 is 11.1 Å². The van der Waals surface area contributed by atoms with Crippen LogP contribution in [0, 0.1) is 5.92 Å². The zero-order chi connectivity index (χ0) is 13.1. The van der Waals surface area contributed by atoms with Gasteiger partial charge in [0.2, 0.25) is 11.0 Å². The van der Waals surface area contributed by atoms with Crippen molar-refractivity contribution < 1.29 is 4.79 Å². The van der Waals surface area contributed by atoms with Crippen LogP contribution in [0.2, 0.25) is 0 Å². The van der Waals surface area contributed by atoms with Gasteiger partial charge in [0.05, 0.1) is 5.54 Å². The fourth-order valence-electron chi connectivity index (χ4n) is 1.40. The number of aromatic nitrogens is 2. The Morgan fingerprint density at radius 2 is 2.00 bits per heavy atom. The van der Waals surface area contributed by atoms with Crippen LogP contribution in [0.1, 0.15) is 45.5 Å². The summed E-state index contributed by atoms with van der Waals surface area (Å²) in [6.07, 6.45) is 1.66. The van der Waals surface area contributed by atoms with E-state index in [0.717, 1.165) is 17.8 Å². The zero-order valence-corrected chi connectivity index (χ0v) is 11.6. The van der Waals surface area contributed by atoms with Gasteiger partial charge in [0.25, 0.3) is 0 Å². The Bertz CT molecular complexity index is 379. The third kappa shape index (κ3) is 3.74. The summed E-state index contributed by atoms with van der Waals surface area (Å²) >= 11 is 1.33. The molecule has 0 spiro atoms. The number of nitrogens with one attached hydrogen (secondary N) is 1. The highest BCUT2D eigenvalue weighted by Gasteiger charge is 2.21. The number of carbonyl (C=O) groups excluding carboxylic acids is 1. The van der Waals surface area contributed by atoms with Gasteiger partial charge in [0.1, 0.15) is 5.01 Å². The SMILES string of the molecule is CCC(CC)C(=O)Nc1nnc(C(C)(C)N)s1. The summed E-state index contributed by atoms with van der Waals surface area (Å²) in [6, 6.07) is 0. The van der Waals surface area contributed by atoms with Gasteiger partial charge in [0, 0.05) is 5.92 Å². The first kappa shape index (κ1) is 14.1. The summed E-state index contributed by atoms with van der Waals surface area (Å²) in [5, 5.41) is 11.9. The molecule has 1 aromatic rings. The second-order valence-electron chi connectivity index (χ2n) is 4.64. The molecule has 1 rings (SSSR count). The van der Waals surface area contributed by atoms with Crippen molar-refractivity contribution in [3.63, 3.8) is 0 Å². The fourth-order valence-corrected chi connectivity index (χ4v) is 2.16. The Morgan fingerprint density at radius 3 is 2.41 bits per heavy atom. The average molecular weight is 256 g/mol. The molecule has 5 nitrogen and oxygen atoms in total. The average Bonchev–Trinajstić information content (AvgIpc) is 2.67. The van der Waals surface area contributed by atoms with Gasteiger partial charge >= 0.3 is 0 Å². The van der Waals surface area contributed by atoms with Crippen LogP contribution in [-0.4, -0.2) is 16.1 Å². The molecule has 0 saturated carbocycles. The molecule has 1 aromatic heterocycles. The van der Waals surface area contributed by atoms with Crippen LogP contribution in [-0.2, 0) is 10.3 Å². The highest BCUT2D eigenvalue weighted by molar-refractivity contribution is 7.15. The predicted octanol–water partition coefficient (Wildman–Crippen LogP) is 2.11. The van der Waals surface area contributed by atoms with Gasteiger partial charge in [-0.05, 0) is 26.7 Å². The van der Waals surface area contributed by atoms with Gasteiger partial charge in [-0.15, -0.1) is 10.2 Å².